The van der Waals surface area contributed by atoms with Gasteiger partial charge in [0.15, 0.2) is 0 Å². The van der Waals surface area contributed by atoms with E-state index in [1.165, 1.54) is 38.6 Å². The molecule has 4 unspecified atom stereocenters. The average Bonchev–Trinajstić information content (AvgIpc) is 2.68. The molecule has 2 rings (SSSR count). The second-order valence-corrected chi connectivity index (χ2v) is 5.90. The first kappa shape index (κ1) is 12.4. The maximum Gasteiger partial charge on any atom is 0.0580 e. The molecule has 1 N–H and O–H groups in total. The molecular weight excluding hydrogens is 198 g/mol. The lowest BCUT2D eigenvalue weighted by Gasteiger charge is -2.36. The highest BCUT2D eigenvalue weighted by molar-refractivity contribution is 4.84. The maximum absolute atomic E-state index is 10.1. The van der Waals surface area contributed by atoms with Gasteiger partial charge in [-0.3, -0.25) is 0 Å². The minimum Gasteiger partial charge on any atom is -0.393 e. The van der Waals surface area contributed by atoms with Crippen molar-refractivity contribution in [1.29, 1.82) is 0 Å². The first-order chi connectivity index (χ1) is 7.70. The molecule has 1 saturated heterocycles. The van der Waals surface area contributed by atoms with E-state index in [0.29, 0.717) is 5.92 Å². The molecule has 4 atom stereocenters. The van der Waals surface area contributed by atoms with Crippen molar-refractivity contribution in [3.8, 4) is 0 Å². The third kappa shape index (κ3) is 2.78. The number of rotatable bonds is 3. The van der Waals surface area contributed by atoms with Gasteiger partial charge < -0.3 is 10.0 Å². The van der Waals surface area contributed by atoms with E-state index < -0.39 is 0 Å². The van der Waals surface area contributed by atoms with Crippen molar-refractivity contribution in [2.45, 2.75) is 64.5 Å². The number of likely N-dealkylation sites (tertiary alicyclic amines) is 1. The summed E-state index contributed by atoms with van der Waals surface area (Å²) in [4.78, 5) is 2.59. The molecule has 0 radical (unpaired) electrons. The molecule has 1 aliphatic heterocycles. The molecule has 2 fully saturated rings. The second kappa shape index (κ2) is 5.50. The Kier molecular flexibility index (Phi) is 4.26. The van der Waals surface area contributed by atoms with E-state index in [2.05, 4.69) is 18.7 Å². The quantitative estimate of drug-likeness (QED) is 0.798. The van der Waals surface area contributed by atoms with Crippen molar-refractivity contribution in [3.05, 3.63) is 0 Å². The maximum atomic E-state index is 10.1. The van der Waals surface area contributed by atoms with Gasteiger partial charge in [-0.1, -0.05) is 13.3 Å². The van der Waals surface area contributed by atoms with Crippen LogP contribution >= 0.6 is 0 Å². The molecule has 2 heteroatoms. The number of hydrogen-bond donors (Lipinski definition) is 1. The summed E-state index contributed by atoms with van der Waals surface area (Å²) in [5, 5.41) is 10.1. The number of aliphatic hydroxyl groups excluding tert-OH is 1. The fraction of sp³-hybridized carbons (Fsp3) is 1.00. The molecule has 0 bridgehead atoms. The van der Waals surface area contributed by atoms with E-state index in [0.717, 1.165) is 24.9 Å². The first-order valence-electron chi connectivity index (χ1n) is 7.12. The van der Waals surface area contributed by atoms with Crippen LogP contribution in [-0.4, -0.2) is 35.2 Å². The standard InChI is InChI=1S/C14H27NO/c1-3-12-6-7-14(16)13(9-12)10-15-8-4-5-11(15)2/h11-14,16H,3-10H2,1-2H3. The Bertz CT molecular complexity index is 219. The van der Waals surface area contributed by atoms with Crippen LogP contribution in [0.3, 0.4) is 0 Å². The Morgan fingerprint density at radius 1 is 1.25 bits per heavy atom. The molecule has 1 aliphatic carbocycles. The minimum atomic E-state index is -0.0319. The molecular formula is C14H27NO. The Morgan fingerprint density at radius 3 is 2.69 bits per heavy atom. The summed E-state index contributed by atoms with van der Waals surface area (Å²) < 4.78 is 0. The normalized spacial score (nSPS) is 41.4. The van der Waals surface area contributed by atoms with Crippen molar-refractivity contribution >= 4 is 0 Å². The zero-order valence-corrected chi connectivity index (χ0v) is 10.9. The van der Waals surface area contributed by atoms with Crippen LogP contribution in [0.5, 0.6) is 0 Å². The highest BCUT2D eigenvalue weighted by Gasteiger charge is 2.31. The monoisotopic (exact) mass is 225 g/mol. The highest BCUT2D eigenvalue weighted by Crippen LogP contribution is 2.33. The predicted octanol–water partition coefficient (Wildman–Crippen LogP) is 2.66. The van der Waals surface area contributed by atoms with E-state index in [1.807, 2.05) is 0 Å². The summed E-state index contributed by atoms with van der Waals surface area (Å²) in [6.45, 7) is 7.01. The van der Waals surface area contributed by atoms with Gasteiger partial charge in [0.2, 0.25) is 0 Å². The lowest BCUT2D eigenvalue weighted by Crippen LogP contribution is -2.40. The van der Waals surface area contributed by atoms with Gasteiger partial charge in [-0.05, 0) is 57.4 Å². The molecule has 0 spiro atoms. The molecule has 1 heterocycles. The van der Waals surface area contributed by atoms with Crippen molar-refractivity contribution in [3.63, 3.8) is 0 Å². The van der Waals surface area contributed by atoms with Crippen molar-refractivity contribution in [2.24, 2.45) is 11.8 Å². The smallest absolute Gasteiger partial charge is 0.0580 e. The lowest BCUT2D eigenvalue weighted by atomic mass is 9.78. The Hall–Kier alpha value is -0.0800. The molecule has 0 aromatic heterocycles. The van der Waals surface area contributed by atoms with Crippen LogP contribution < -0.4 is 0 Å². The van der Waals surface area contributed by atoms with Gasteiger partial charge >= 0.3 is 0 Å². The van der Waals surface area contributed by atoms with Crippen LogP contribution in [0.2, 0.25) is 0 Å². The highest BCUT2D eigenvalue weighted by atomic mass is 16.3. The summed E-state index contributed by atoms with van der Waals surface area (Å²) in [5.74, 6) is 1.41. The zero-order valence-electron chi connectivity index (χ0n) is 10.9. The summed E-state index contributed by atoms with van der Waals surface area (Å²) in [7, 11) is 0. The predicted molar refractivity (Wildman–Crippen MR) is 67.4 cm³/mol. The number of nitrogens with zero attached hydrogens (tertiary/aromatic N) is 1. The van der Waals surface area contributed by atoms with Crippen LogP contribution in [0.25, 0.3) is 0 Å². The zero-order chi connectivity index (χ0) is 11.5. The third-order valence-corrected chi connectivity index (χ3v) is 4.79. The van der Waals surface area contributed by atoms with E-state index >= 15 is 0 Å². The van der Waals surface area contributed by atoms with Gasteiger partial charge in [0.05, 0.1) is 6.10 Å². The van der Waals surface area contributed by atoms with E-state index in [1.54, 1.807) is 0 Å². The van der Waals surface area contributed by atoms with Gasteiger partial charge in [0.25, 0.3) is 0 Å². The number of hydrogen-bond acceptors (Lipinski definition) is 2. The molecule has 2 aliphatic rings. The van der Waals surface area contributed by atoms with Crippen molar-refractivity contribution in [1.82, 2.24) is 4.90 Å². The Balaban J connectivity index is 1.86. The SMILES string of the molecule is CCC1CCC(O)C(CN2CCCC2C)C1. The first-order valence-corrected chi connectivity index (χ1v) is 7.12. The molecule has 0 aromatic rings. The van der Waals surface area contributed by atoms with Crippen LogP contribution in [-0.2, 0) is 0 Å². The lowest BCUT2D eigenvalue weighted by molar-refractivity contribution is 0.0256. The summed E-state index contributed by atoms with van der Waals surface area (Å²) in [5.41, 5.74) is 0. The molecule has 1 saturated carbocycles. The van der Waals surface area contributed by atoms with Gasteiger partial charge in [0, 0.05) is 12.6 Å². The topological polar surface area (TPSA) is 23.5 Å². The third-order valence-electron chi connectivity index (χ3n) is 4.79. The van der Waals surface area contributed by atoms with Crippen molar-refractivity contribution in [2.75, 3.05) is 13.1 Å². The van der Waals surface area contributed by atoms with Crippen LogP contribution in [0, 0.1) is 11.8 Å². The van der Waals surface area contributed by atoms with Crippen LogP contribution in [0.4, 0.5) is 0 Å². The average molecular weight is 225 g/mol. The molecule has 2 nitrogen and oxygen atoms in total. The van der Waals surface area contributed by atoms with E-state index in [-0.39, 0.29) is 6.10 Å². The van der Waals surface area contributed by atoms with Crippen LogP contribution in [0.1, 0.15) is 52.4 Å². The van der Waals surface area contributed by atoms with E-state index in [4.69, 9.17) is 0 Å². The number of aliphatic hydroxyl groups is 1. The summed E-state index contributed by atoms with van der Waals surface area (Å²) in [6, 6.07) is 0.745. The van der Waals surface area contributed by atoms with Gasteiger partial charge in [-0.15, -0.1) is 0 Å². The summed E-state index contributed by atoms with van der Waals surface area (Å²) >= 11 is 0. The second-order valence-electron chi connectivity index (χ2n) is 5.90. The van der Waals surface area contributed by atoms with Gasteiger partial charge in [-0.25, -0.2) is 0 Å². The Morgan fingerprint density at radius 2 is 2.06 bits per heavy atom. The molecule has 94 valence electrons. The van der Waals surface area contributed by atoms with E-state index in [9.17, 15) is 5.11 Å². The molecule has 0 aromatic carbocycles. The largest absolute Gasteiger partial charge is 0.393 e. The van der Waals surface area contributed by atoms with Gasteiger partial charge in [0.1, 0.15) is 0 Å². The van der Waals surface area contributed by atoms with Gasteiger partial charge in [-0.2, -0.15) is 0 Å². The molecule has 16 heavy (non-hydrogen) atoms. The van der Waals surface area contributed by atoms with Crippen LogP contribution in [0.15, 0.2) is 0 Å². The summed E-state index contributed by atoms with van der Waals surface area (Å²) in [6.07, 6.45) is 7.48. The Labute approximate surface area is 100 Å². The molecule has 0 amide bonds. The minimum absolute atomic E-state index is 0.0319. The fourth-order valence-corrected chi connectivity index (χ4v) is 3.48. The van der Waals surface area contributed by atoms with Crippen molar-refractivity contribution < 1.29 is 5.11 Å². The fourth-order valence-electron chi connectivity index (χ4n) is 3.48.